The molecule has 3 N–H and O–H groups in total. The molecule has 2 aromatic rings. The molecule has 10 nitrogen and oxygen atoms in total. The van der Waals surface area contributed by atoms with Crippen molar-refractivity contribution in [1.29, 1.82) is 0 Å². The van der Waals surface area contributed by atoms with E-state index in [-0.39, 0.29) is 0 Å². The van der Waals surface area contributed by atoms with Crippen molar-refractivity contribution in [3.05, 3.63) is 40.1 Å². The van der Waals surface area contributed by atoms with Gasteiger partial charge in [-0.3, -0.25) is 19.8 Å². The number of ether oxygens (including phenoxy) is 2. The first-order valence-corrected chi connectivity index (χ1v) is 11.1. The molecular weight excluding hydrogens is 436 g/mol. The highest BCUT2D eigenvalue weighted by Crippen LogP contribution is 2.42. The molecule has 0 saturated carbocycles. The van der Waals surface area contributed by atoms with Crippen LogP contribution in [0.25, 0.3) is 0 Å². The van der Waals surface area contributed by atoms with Crippen LogP contribution >= 0.6 is 11.3 Å². The number of fused-ring (bicyclic) bond motifs is 3. The van der Waals surface area contributed by atoms with Gasteiger partial charge in [0, 0.05) is 22.2 Å². The SMILES string of the molecule is O=C(CN1C(=O)N[C@]2(CCCc3sccc32)C1=O)NC(=O)Nc1ccc2c(c1)OCCO2. The van der Waals surface area contributed by atoms with Crippen molar-refractivity contribution in [2.24, 2.45) is 0 Å². The van der Waals surface area contributed by atoms with Gasteiger partial charge in [-0.25, -0.2) is 9.59 Å². The number of carbonyl (C=O) groups is 4. The molecule has 0 bridgehead atoms. The number of hydrogen-bond acceptors (Lipinski definition) is 7. The molecule has 2 aliphatic heterocycles. The highest BCUT2D eigenvalue weighted by molar-refractivity contribution is 7.10. The van der Waals surface area contributed by atoms with E-state index in [2.05, 4.69) is 16.0 Å². The van der Waals surface area contributed by atoms with Crippen molar-refractivity contribution in [2.75, 3.05) is 25.1 Å². The fourth-order valence-electron chi connectivity index (χ4n) is 4.28. The second kappa shape index (κ2) is 7.83. The number of thiophene rings is 1. The number of carbonyl (C=O) groups excluding carboxylic acids is 4. The molecule has 3 heterocycles. The monoisotopic (exact) mass is 456 g/mol. The lowest BCUT2D eigenvalue weighted by Crippen LogP contribution is -2.47. The largest absolute Gasteiger partial charge is 0.486 e. The van der Waals surface area contributed by atoms with E-state index >= 15 is 0 Å². The number of benzene rings is 1. The second-order valence-electron chi connectivity index (χ2n) is 7.70. The number of urea groups is 2. The van der Waals surface area contributed by atoms with Gasteiger partial charge in [0.15, 0.2) is 11.5 Å². The molecule has 11 heteroatoms. The molecule has 1 fully saturated rings. The van der Waals surface area contributed by atoms with Crippen LogP contribution < -0.4 is 25.4 Å². The number of amides is 6. The number of hydrogen-bond donors (Lipinski definition) is 3. The van der Waals surface area contributed by atoms with Gasteiger partial charge in [-0.2, -0.15) is 0 Å². The molecule has 1 aromatic heterocycles. The fraction of sp³-hybridized carbons (Fsp3) is 0.333. The molecular formula is C21H20N4O6S. The zero-order chi connectivity index (χ0) is 22.3. The zero-order valence-electron chi connectivity index (χ0n) is 16.9. The van der Waals surface area contributed by atoms with Crippen molar-refractivity contribution in [3.63, 3.8) is 0 Å². The van der Waals surface area contributed by atoms with Crippen LogP contribution in [-0.2, 0) is 21.5 Å². The summed E-state index contributed by atoms with van der Waals surface area (Å²) in [4.78, 5) is 52.2. The third-order valence-corrected chi connectivity index (χ3v) is 6.67. The molecule has 1 atom stereocenters. The van der Waals surface area contributed by atoms with Crippen LogP contribution in [0.2, 0.25) is 0 Å². The Balaban J connectivity index is 1.22. The number of nitrogens with one attached hydrogen (secondary N) is 3. The van der Waals surface area contributed by atoms with E-state index < -0.39 is 36.0 Å². The number of imide groups is 2. The molecule has 5 rings (SSSR count). The molecule has 0 unspecified atom stereocenters. The summed E-state index contributed by atoms with van der Waals surface area (Å²) in [6.45, 7) is 0.300. The van der Waals surface area contributed by atoms with Crippen molar-refractivity contribution >= 4 is 40.9 Å². The predicted octanol–water partition coefficient (Wildman–Crippen LogP) is 1.95. The molecule has 1 saturated heterocycles. The van der Waals surface area contributed by atoms with Gasteiger partial charge in [0.25, 0.3) is 5.91 Å². The molecule has 32 heavy (non-hydrogen) atoms. The molecule has 1 aliphatic carbocycles. The molecule has 0 radical (unpaired) electrons. The summed E-state index contributed by atoms with van der Waals surface area (Å²) in [6.07, 6.45) is 2.10. The van der Waals surface area contributed by atoms with Crippen LogP contribution in [0.4, 0.5) is 15.3 Å². The Morgan fingerprint density at radius 2 is 1.97 bits per heavy atom. The van der Waals surface area contributed by atoms with Crippen molar-refractivity contribution < 1.29 is 28.7 Å². The summed E-state index contributed by atoms with van der Waals surface area (Å²) in [5.74, 6) is -0.182. The molecule has 1 aromatic carbocycles. The van der Waals surface area contributed by atoms with E-state index in [0.717, 1.165) is 28.2 Å². The van der Waals surface area contributed by atoms with Crippen LogP contribution in [0.15, 0.2) is 29.6 Å². The van der Waals surface area contributed by atoms with E-state index in [1.54, 1.807) is 29.5 Å². The van der Waals surface area contributed by atoms with Gasteiger partial charge in [0.05, 0.1) is 0 Å². The van der Waals surface area contributed by atoms with Crippen molar-refractivity contribution in [3.8, 4) is 11.5 Å². The summed E-state index contributed by atoms with van der Waals surface area (Å²) in [6, 6.07) is 5.27. The molecule has 1 spiro atoms. The summed E-state index contributed by atoms with van der Waals surface area (Å²) in [5.41, 5.74) is 0.0744. The van der Waals surface area contributed by atoms with Crippen LogP contribution in [-0.4, -0.2) is 48.5 Å². The van der Waals surface area contributed by atoms with Gasteiger partial charge in [0.2, 0.25) is 5.91 Å². The lowest BCUT2D eigenvalue weighted by molar-refractivity contribution is -0.135. The first-order valence-electron chi connectivity index (χ1n) is 10.2. The molecule has 3 aliphatic rings. The van der Waals surface area contributed by atoms with Gasteiger partial charge in [-0.1, -0.05) is 0 Å². The van der Waals surface area contributed by atoms with Crippen molar-refractivity contribution in [2.45, 2.75) is 24.8 Å². The Morgan fingerprint density at radius 1 is 1.16 bits per heavy atom. The Morgan fingerprint density at radius 3 is 2.81 bits per heavy atom. The van der Waals surface area contributed by atoms with Crippen LogP contribution in [0.3, 0.4) is 0 Å². The maximum atomic E-state index is 13.1. The van der Waals surface area contributed by atoms with E-state index in [1.807, 2.05) is 11.4 Å². The number of aryl methyl sites for hydroxylation is 1. The average Bonchev–Trinajstić information content (AvgIpc) is 3.34. The minimum Gasteiger partial charge on any atom is -0.486 e. The van der Waals surface area contributed by atoms with Gasteiger partial charge in [-0.15, -0.1) is 11.3 Å². The smallest absolute Gasteiger partial charge is 0.325 e. The predicted molar refractivity (Wildman–Crippen MR) is 114 cm³/mol. The lowest BCUT2D eigenvalue weighted by atomic mass is 9.80. The summed E-state index contributed by atoms with van der Waals surface area (Å²) in [5, 5.41) is 9.35. The minimum absolute atomic E-state index is 0.403. The average molecular weight is 456 g/mol. The van der Waals surface area contributed by atoms with Gasteiger partial charge >= 0.3 is 12.1 Å². The number of anilines is 1. The highest BCUT2D eigenvalue weighted by Gasteiger charge is 2.54. The van der Waals surface area contributed by atoms with Gasteiger partial charge in [0.1, 0.15) is 25.3 Å². The quantitative estimate of drug-likeness (QED) is 0.606. The van der Waals surface area contributed by atoms with E-state index in [4.69, 9.17) is 9.47 Å². The normalized spacial score (nSPS) is 21.2. The second-order valence-corrected chi connectivity index (χ2v) is 8.70. The van der Waals surface area contributed by atoms with Crippen LogP contribution in [0.1, 0.15) is 23.3 Å². The maximum absolute atomic E-state index is 13.1. The third-order valence-electron chi connectivity index (χ3n) is 5.69. The van der Waals surface area contributed by atoms with Gasteiger partial charge in [-0.05, 0) is 42.8 Å². The van der Waals surface area contributed by atoms with Crippen LogP contribution in [0.5, 0.6) is 11.5 Å². The Bertz CT molecular complexity index is 1130. The first kappa shape index (κ1) is 20.3. The summed E-state index contributed by atoms with van der Waals surface area (Å²) in [7, 11) is 0. The zero-order valence-corrected chi connectivity index (χ0v) is 17.8. The Hall–Kier alpha value is -3.60. The van der Waals surface area contributed by atoms with Crippen molar-refractivity contribution in [1.82, 2.24) is 15.5 Å². The highest BCUT2D eigenvalue weighted by atomic mass is 32.1. The topological polar surface area (TPSA) is 126 Å². The Kier molecular flexibility index (Phi) is 4.97. The summed E-state index contributed by atoms with van der Waals surface area (Å²) >= 11 is 1.55. The van der Waals surface area contributed by atoms with Gasteiger partial charge < -0.3 is 20.1 Å². The molecule has 6 amide bonds. The first-order chi connectivity index (χ1) is 15.5. The number of nitrogens with zero attached hydrogens (tertiary/aromatic N) is 1. The lowest BCUT2D eigenvalue weighted by Gasteiger charge is -2.31. The standard InChI is InChI=1S/C21H20N4O6S/c26-17(23-19(28)22-12-3-4-14-15(10-12)31-8-7-30-14)11-25-18(27)21(24-20(25)29)6-1-2-16-13(21)5-9-32-16/h3-5,9-10H,1-2,6-8,11H2,(H,24,29)(H2,22,23,26,28)/t21-/m0/s1. The minimum atomic E-state index is -1.13. The van der Waals surface area contributed by atoms with E-state index in [0.29, 0.717) is 36.8 Å². The Labute approximate surface area is 186 Å². The maximum Gasteiger partial charge on any atom is 0.325 e. The van der Waals surface area contributed by atoms with E-state index in [9.17, 15) is 19.2 Å². The summed E-state index contributed by atoms with van der Waals surface area (Å²) < 4.78 is 10.9. The fourth-order valence-corrected chi connectivity index (χ4v) is 5.28. The molecule has 166 valence electrons. The number of rotatable bonds is 3. The van der Waals surface area contributed by atoms with Crippen LogP contribution in [0, 0.1) is 0 Å². The van der Waals surface area contributed by atoms with E-state index in [1.165, 1.54) is 0 Å². The third kappa shape index (κ3) is 3.44.